The van der Waals surface area contributed by atoms with Gasteiger partial charge in [-0.25, -0.2) is 0 Å². The van der Waals surface area contributed by atoms with Crippen molar-refractivity contribution in [1.29, 1.82) is 0 Å². The Kier molecular flexibility index (Phi) is 3.86. The van der Waals surface area contributed by atoms with E-state index in [0.29, 0.717) is 13.1 Å². The average molecular weight is 284 g/mol. The number of ether oxygens (including phenoxy) is 1. The van der Waals surface area contributed by atoms with Gasteiger partial charge in [0.15, 0.2) is 0 Å². The molecule has 1 saturated heterocycles. The van der Waals surface area contributed by atoms with E-state index in [9.17, 15) is 20.2 Å². The lowest BCUT2D eigenvalue weighted by Gasteiger charge is -2.15. The van der Waals surface area contributed by atoms with Crippen LogP contribution in [-0.2, 0) is 0 Å². The summed E-state index contributed by atoms with van der Waals surface area (Å²) in [6, 6.07) is -0.175. The molecule has 0 unspecified atom stereocenters. The fourth-order valence-corrected chi connectivity index (χ4v) is 1.89. The molecule has 0 radical (unpaired) electrons. The molecule has 20 heavy (non-hydrogen) atoms. The van der Waals surface area contributed by atoms with Crippen molar-refractivity contribution >= 4 is 5.95 Å². The normalized spacial score (nSPS) is 14.6. The predicted octanol–water partition coefficient (Wildman–Crippen LogP) is 0.0324. The Morgan fingerprint density at radius 1 is 1.15 bits per heavy atom. The Bertz CT molecular complexity index is 518. The number of rotatable bonds is 5. The van der Waals surface area contributed by atoms with Gasteiger partial charge in [0.1, 0.15) is 9.85 Å². The number of anilines is 1. The summed E-state index contributed by atoms with van der Waals surface area (Å²) in [5.41, 5.74) is 0. The Labute approximate surface area is 112 Å². The van der Waals surface area contributed by atoms with Gasteiger partial charge in [0.05, 0.1) is 7.11 Å². The molecule has 0 spiro atoms. The third-order valence-corrected chi connectivity index (χ3v) is 2.82. The summed E-state index contributed by atoms with van der Waals surface area (Å²) in [4.78, 5) is 32.7. The minimum absolute atomic E-state index is 0.165. The molecule has 1 aromatic rings. The third kappa shape index (κ3) is 2.70. The number of nitro groups is 2. The van der Waals surface area contributed by atoms with Crippen molar-refractivity contribution in [3.63, 3.8) is 0 Å². The lowest BCUT2D eigenvalue weighted by molar-refractivity contribution is -0.754. The highest BCUT2D eigenvalue weighted by atomic mass is 16.7. The van der Waals surface area contributed by atoms with Crippen LogP contribution in [-0.4, -0.2) is 45.0 Å². The van der Waals surface area contributed by atoms with E-state index in [1.54, 1.807) is 4.90 Å². The van der Waals surface area contributed by atoms with Crippen molar-refractivity contribution in [2.24, 2.45) is 0 Å². The second-order valence-electron chi connectivity index (χ2n) is 4.12. The van der Waals surface area contributed by atoms with Crippen LogP contribution in [0.1, 0.15) is 24.8 Å². The standard InChI is InChI=1S/C9H12N6O5/c1-20-9-11-6(7(14(16)17)15(18)19)10-8(12-9)13-4-2-3-5-13/h7H,2-5H2,1H3. The van der Waals surface area contributed by atoms with Crippen LogP contribution < -0.4 is 9.64 Å². The van der Waals surface area contributed by atoms with Crippen LogP contribution >= 0.6 is 0 Å². The van der Waals surface area contributed by atoms with E-state index in [2.05, 4.69) is 15.0 Å². The Morgan fingerprint density at radius 3 is 2.25 bits per heavy atom. The molecular formula is C9H12N6O5. The minimum atomic E-state index is -2.23. The van der Waals surface area contributed by atoms with Crippen molar-refractivity contribution in [3.8, 4) is 6.01 Å². The number of aromatic nitrogens is 3. The van der Waals surface area contributed by atoms with E-state index in [4.69, 9.17) is 4.74 Å². The molecule has 0 bridgehead atoms. The molecule has 1 aromatic heterocycles. The topological polar surface area (TPSA) is 137 Å². The molecule has 1 fully saturated rings. The lowest BCUT2D eigenvalue weighted by atomic mass is 10.4. The van der Waals surface area contributed by atoms with E-state index in [-0.39, 0.29) is 12.0 Å². The van der Waals surface area contributed by atoms with Crippen LogP contribution in [0.3, 0.4) is 0 Å². The van der Waals surface area contributed by atoms with E-state index in [1.807, 2.05) is 0 Å². The first kappa shape index (κ1) is 13.8. The van der Waals surface area contributed by atoms with Crippen LogP contribution in [0.5, 0.6) is 6.01 Å². The molecule has 0 atom stereocenters. The van der Waals surface area contributed by atoms with Gasteiger partial charge in [-0.15, -0.1) is 0 Å². The first-order chi connectivity index (χ1) is 9.52. The van der Waals surface area contributed by atoms with Gasteiger partial charge in [-0.05, 0) is 12.8 Å². The van der Waals surface area contributed by atoms with Crippen LogP contribution in [0, 0.1) is 20.2 Å². The second kappa shape index (κ2) is 5.59. The summed E-state index contributed by atoms with van der Waals surface area (Å²) in [5.74, 6) is -0.369. The molecule has 108 valence electrons. The average Bonchev–Trinajstić information content (AvgIpc) is 2.91. The Morgan fingerprint density at radius 2 is 1.75 bits per heavy atom. The highest BCUT2D eigenvalue weighted by Crippen LogP contribution is 2.21. The lowest BCUT2D eigenvalue weighted by Crippen LogP contribution is -2.26. The van der Waals surface area contributed by atoms with Crippen molar-refractivity contribution in [2.75, 3.05) is 25.1 Å². The molecule has 0 amide bonds. The molecule has 0 N–H and O–H groups in total. The number of nitrogens with zero attached hydrogens (tertiary/aromatic N) is 6. The number of methoxy groups -OCH3 is 1. The van der Waals surface area contributed by atoms with E-state index in [1.165, 1.54) is 7.11 Å². The quantitative estimate of drug-likeness (QED) is 0.416. The van der Waals surface area contributed by atoms with Crippen LogP contribution in [0.4, 0.5) is 5.95 Å². The first-order valence-corrected chi connectivity index (χ1v) is 5.85. The molecular weight excluding hydrogens is 272 g/mol. The van der Waals surface area contributed by atoms with Crippen LogP contribution in [0.15, 0.2) is 0 Å². The summed E-state index contributed by atoms with van der Waals surface area (Å²) < 4.78 is 4.83. The monoisotopic (exact) mass is 284 g/mol. The summed E-state index contributed by atoms with van der Waals surface area (Å²) >= 11 is 0. The van der Waals surface area contributed by atoms with Gasteiger partial charge in [0.2, 0.25) is 5.95 Å². The molecule has 0 saturated carbocycles. The smallest absolute Gasteiger partial charge is 0.467 e. The van der Waals surface area contributed by atoms with Crippen molar-refractivity contribution in [2.45, 2.75) is 19.0 Å². The van der Waals surface area contributed by atoms with Gasteiger partial charge >= 0.3 is 12.2 Å². The Balaban J connectivity index is 2.43. The van der Waals surface area contributed by atoms with Gasteiger partial charge in [-0.1, -0.05) is 0 Å². The zero-order valence-corrected chi connectivity index (χ0v) is 10.6. The molecule has 1 aliphatic rings. The zero-order valence-electron chi connectivity index (χ0n) is 10.6. The maximum atomic E-state index is 10.8. The van der Waals surface area contributed by atoms with Gasteiger partial charge in [-0.3, -0.25) is 20.2 Å². The Hall–Kier alpha value is -2.59. The predicted molar refractivity (Wildman–Crippen MR) is 64.6 cm³/mol. The summed E-state index contributed by atoms with van der Waals surface area (Å²) in [5, 5.41) is 21.6. The summed E-state index contributed by atoms with van der Waals surface area (Å²) in [6.07, 6.45) is -0.345. The van der Waals surface area contributed by atoms with Crippen molar-refractivity contribution < 1.29 is 14.6 Å². The van der Waals surface area contributed by atoms with Gasteiger partial charge < -0.3 is 9.64 Å². The van der Waals surface area contributed by atoms with Crippen LogP contribution in [0.2, 0.25) is 0 Å². The van der Waals surface area contributed by atoms with Crippen molar-refractivity contribution in [1.82, 2.24) is 15.0 Å². The SMILES string of the molecule is COc1nc(C([N+](=O)[O-])[N+](=O)[O-])nc(N2CCCC2)n1. The summed E-state index contributed by atoms with van der Waals surface area (Å²) in [7, 11) is 1.28. The molecule has 2 heterocycles. The van der Waals surface area contributed by atoms with E-state index < -0.39 is 21.8 Å². The summed E-state index contributed by atoms with van der Waals surface area (Å²) in [6.45, 7) is 1.38. The fraction of sp³-hybridized carbons (Fsp3) is 0.667. The molecule has 0 aliphatic carbocycles. The minimum Gasteiger partial charge on any atom is -0.467 e. The molecule has 11 nitrogen and oxygen atoms in total. The van der Waals surface area contributed by atoms with E-state index in [0.717, 1.165) is 12.8 Å². The highest BCUT2D eigenvalue weighted by molar-refractivity contribution is 5.32. The van der Waals surface area contributed by atoms with Crippen LogP contribution in [0.25, 0.3) is 0 Å². The molecule has 2 rings (SSSR count). The van der Waals surface area contributed by atoms with Crippen molar-refractivity contribution in [3.05, 3.63) is 26.1 Å². The van der Waals surface area contributed by atoms with E-state index >= 15 is 0 Å². The molecule has 0 aromatic carbocycles. The molecule has 11 heteroatoms. The fourth-order valence-electron chi connectivity index (χ4n) is 1.89. The van der Waals surface area contributed by atoms with Gasteiger partial charge in [0.25, 0.3) is 5.82 Å². The third-order valence-electron chi connectivity index (χ3n) is 2.82. The first-order valence-electron chi connectivity index (χ1n) is 5.85. The second-order valence-corrected chi connectivity index (χ2v) is 4.12. The highest BCUT2D eigenvalue weighted by Gasteiger charge is 2.40. The maximum absolute atomic E-state index is 10.8. The molecule has 1 aliphatic heterocycles. The van der Waals surface area contributed by atoms with Gasteiger partial charge in [0, 0.05) is 13.1 Å². The van der Waals surface area contributed by atoms with Gasteiger partial charge in [-0.2, -0.15) is 15.0 Å². The number of hydrogen-bond acceptors (Lipinski definition) is 9. The number of hydrogen-bond donors (Lipinski definition) is 0. The largest absolute Gasteiger partial charge is 0.509 e. The maximum Gasteiger partial charge on any atom is 0.509 e. The zero-order chi connectivity index (χ0) is 14.7.